The van der Waals surface area contributed by atoms with Gasteiger partial charge >= 0.3 is 0 Å². The molecule has 1 aromatic carbocycles. The molecule has 0 spiro atoms. The zero-order chi connectivity index (χ0) is 19.1. The standard InChI is InChI=1S/C21H31N3O2/c1-15(2)19(23-20(25)16(3)22)21(26)24-14-8-13-18(24)12-7-11-17-9-5-4-6-10-17/h4-7,9-10,12,15-16,18-19H,8,11,13-14,22H2,1-3H3,(H,23,25)/b12-7+. The minimum atomic E-state index is -0.621. The van der Waals surface area contributed by atoms with Crippen LogP contribution >= 0.6 is 0 Å². The van der Waals surface area contributed by atoms with Crippen molar-refractivity contribution >= 4 is 11.8 Å². The minimum Gasteiger partial charge on any atom is -0.343 e. The van der Waals surface area contributed by atoms with E-state index in [0.29, 0.717) is 0 Å². The lowest BCUT2D eigenvalue weighted by Crippen LogP contribution is -2.54. The summed E-state index contributed by atoms with van der Waals surface area (Å²) in [6, 6.07) is 9.21. The summed E-state index contributed by atoms with van der Waals surface area (Å²) in [4.78, 5) is 26.9. The molecule has 1 aliphatic rings. The lowest BCUT2D eigenvalue weighted by atomic mass is 10.0. The van der Waals surface area contributed by atoms with Gasteiger partial charge in [-0.25, -0.2) is 0 Å². The first-order chi connectivity index (χ1) is 12.4. The fourth-order valence-corrected chi connectivity index (χ4v) is 3.22. The molecule has 1 aliphatic heterocycles. The highest BCUT2D eigenvalue weighted by molar-refractivity contribution is 5.90. The lowest BCUT2D eigenvalue weighted by Gasteiger charge is -2.30. The number of nitrogens with zero attached hydrogens (tertiary/aromatic N) is 1. The largest absolute Gasteiger partial charge is 0.343 e. The number of allylic oxidation sites excluding steroid dienone is 1. The molecule has 2 rings (SSSR count). The summed E-state index contributed by atoms with van der Waals surface area (Å²) in [5.74, 6) is -0.284. The van der Waals surface area contributed by atoms with Gasteiger partial charge in [0.05, 0.1) is 12.1 Å². The zero-order valence-electron chi connectivity index (χ0n) is 16.0. The summed E-state index contributed by atoms with van der Waals surface area (Å²) < 4.78 is 0. The average Bonchev–Trinajstić information content (AvgIpc) is 3.08. The summed E-state index contributed by atoms with van der Waals surface area (Å²) >= 11 is 0. The first-order valence-electron chi connectivity index (χ1n) is 9.47. The maximum Gasteiger partial charge on any atom is 0.245 e. The van der Waals surface area contributed by atoms with Gasteiger partial charge in [0.15, 0.2) is 0 Å². The van der Waals surface area contributed by atoms with E-state index in [1.54, 1.807) is 6.92 Å². The Kier molecular flexibility index (Phi) is 7.39. The molecular formula is C21H31N3O2. The number of hydrogen-bond acceptors (Lipinski definition) is 3. The Morgan fingerprint density at radius 1 is 1.27 bits per heavy atom. The van der Waals surface area contributed by atoms with Crippen LogP contribution in [0.15, 0.2) is 42.5 Å². The number of carbonyl (C=O) groups excluding carboxylic acids is 2. The topological polar surface area (TPSA) is 75.4 Å². The van der Waals surface area contributed by atoms with Crippen molar-refractivity contribution in [2.24, 2.45) is 11.7 Å². The monoisotopic (exact) mass is 357 g/mol. The number of carbonyl (C=O) groups is 2. The van der Waals surface area contributed by atoms with Crippen molar-refractivity contribution in [3.63, 3.8) is 0 Å². The van der Waals surface area contributed by atoms with Crippen molar-refractivity contribution in [3.05, 3.63) is 48.0 Å². The van der Waals surface area contributed by atoms with Crippen LogP contribution in [0.2, 0.25) is 0 Å². The van der Waals surface area contributed by atoms with Gasteiger partial charge in [0.1, 0.15) is 6.04 Å². The Hall–Kier alpha value is -2.14. The number of benzene rings is 1. The van der Waals surface area contributed by atoms with Crippen molar-refractivity contribution in [1.82, 2.24) is 10.2 Å². The molecule has 5 nitrogen and oxygen atoms in total. The van der Waals surface area contributed by atoms with Crippen molar-refractivity contribution in [3.8, 4) is 0 Å². The van der Waals surface area contributed by atoms with Crippen molar-refractivity contribution in [2.75, 3.05) is 6.54 Å². The normalized spacial score (nSPS) is 19.7. The zero-order valence-corrected chi connectivity index (χ0v) is 16.0. The molecule has 2 amide bonds. The molecule has 5 heteroatoms. The van der Waals surface area contributed by atoms with Crippen LogP contribution in [0.25, 0.3) is 0 Å². The van der Waals surface area contributed by atoms with E-state index < -0.39 is 12.1 Å². The fraction of sp³-hybridized carbons (Fsp3) is 0.524. The molecule has 0 bridgehead atoms. The minimum absolute atomic E-state index is 0.0131. The van der Waals surface area contributed by atoms with E-state index in [1.165, 1.54) is 5.56 Å². The van der Waals surface area contributed by atoms with Crippen LogP contribution in [0.5, 0.6) is 0 Å². The molecule has 1 aromatic rings. The summed E-state index contributed by atoms with van der Waals surface area (Å²) in [6.45, 7) is 6.25. The van der Waals surface area contributed by atoms with Crippen LogP contribution in [0.3, 0.4) is 0 Å². The van der Waals surface area contributed by atoms with E-state index in [4.69, 9.17) is 5.73 Å². The Morgan fingerprint density at radius 3 is 2.58 bits per heavy atom. The highest BCUT2D eigenvalue weighted by Gasteiger charge is 2.34. The van der Waals surface area contributed by atoms with Crippen LogP contribution in [0, 0.1) is 5.92 Å². The van der Waals surface area contributed by atoms with Crippen LogP contribution in [0.4, 0.5) is 0 Å². The van der Waals surface area contributed by atoms with Crippen molar-refractivity contribution < 1.29 is 9.59 Å². The molecule has 1 heterocycles. The van der Waals surface area contributed by atoms with E-state index in [-0.39, 0.29) is 23.8 Å². The predicted octanol–water partition coefficient (Wildman–Crippen LogP) is 2.26. The highest BCUT2D eigenvalue weighted by Crippen LogP contribution is 2.21. The molecule has 1 saturated heterocycles. The van der Waals surface area contributed by atoms with Gasteiger partial charge in [-0.15, -0.1) is 0 Å². The third-order valence-corrected chi connectivity index (χ3v) is 4.78. The number of likely N-dealkylation sites (tertiary alicyclic amines) is 1. The van der Waals surface area contributed by atoms with Crippen molar-refractivity contribution in [1.29, 1.82) is 0 Å². The van der Waals surface area contributed by atoms with E-state index in [9.17, 15) is 9.59 Å². The third kappa shape index (κ3) is 5.43. The molecule has 0 saturated carbocycles. The Labute approximate surface area is 156 Å². The number of nitrogens with two attached hydrogens (primary N) is 1. The molecule has 0 aliphatic carbocycles. The van der Waals surface area contributed by atoms with Gasteiger partial charge in [-0.3, -0.25) is 9.59 Å². The molecule has 26 heavy (non-hydrogen) atoms. The van der Waals surface area contributed by atoms with Crippen LogP contribution in [0.1, 0.15) is 39.2 Å². The Morgan fingerprint density at radius 2 is 1.96 bits per heavy atom. The van der Waals surface area contributed by atoms with Gasteiger partial charge in [-0.1, -0.05) is 56.3 Å². The van der Waals surface area contributed by atoms with Gasteiger partial charge in [0.2, 0.25) is 11.8 Å². The molecular weight excluding hydrogens is 326 g/mol. The van der Waals surface area contributed by atoms with E-state index in [2.05, 4.69) is 29.6 Å². The van der Waals surface area contributed by atoms with Crippen LogP contribution < -0.4 is 11.1 Å². The van der Waals surface area contributed by atoms with Gasteiger partial charge in [0, 0.05) is 6.54 Å². The first kappa shape index (κ1) is 20.2. The SMILES string of the molecule is CC(N)C(=O)NC(C(=O)N1CCCC1/C=C/Cc1ccccc1)C(C)C. The summed E-state index contributed by atoms with van der Waals surface area (Å²) in [5, 5.41) is 2.82. The smallest absolute Gasteiger partial charge is 0.245 e. The average molecular weight is 357 g/mol. The Bertz CT molecular complexity index is 625. The maximum atomic E-state index is 13.0. The van der Waals surface area contributed by atoms with Gasteiger partial charge in [-0.05, 0) is 37.7 Å². The molecule has 142 valence electrons. The molecule has 3 atom stereocenters. The molecule has 0 aromatic heterocycles. The second kappa shape index (κ2) is 9.53. The van der Waals surface area contributed by atoms with Crippen LogP contribution in [-0.2, 0) is 16.0 Å². The van der Waals surface area contributed by atoms with Gasteiger partial charge < -0.3 is 16.0 Å². The molecule has 0 radical (unpaired) electrons. The predicted molar refractivity (Wildman–Crippen MR) is 104 cm³/mol. The first-order valence-corrected chi connectivity index (χ1v) is 9.47. The number of rotatable bonds is 7. The number of hydrogen-bond donors (Lipinski definition) is 2. The number of amides is 2. The summed E-state index contributed by atoms with van der Waals surface area (Å²) in [6.07, 6.45) is 7.06. The maximum absolute atomic E-state index is 13.0. The quantitative estimate of drug-likeness (QED) is 0.735. The highest BCUT2D eigenvalue weighted by atomic mass is 16.2. The fourth-order valence-electron chi connectivity index (χ4n) is 3.22. The second-order valence-corrected chi connectivity index (χ2v) is 7.38. The third-order valence-electron chi connectivity index (χ3n) is 4.78. The van der Waals surface area contributed by atoms with E-state index >= 15 is 0 Å². The molecule has 1 fully saturated rings. The molecule has 3 N–H and O–H groups in total. The van der Waals surface area contributed by atoms with Gasteiger partial charge in [-0.2, -0.15) is 0 Å². The summed E-state index contributed by atoms with van der Waals surface area (Å²) in [7, 11) is 0. The number of nitrogens with one attached hydrogen (secondary N) is 1. The Balaban J connectivity index is 2.02. The molecule has 3 unspecified atom stereocenters. The van der Waals surface area contributed by atoms with E-state index in [0.717, 1.165) is 25.8 Å². The second-order valence-electron chi connectivity index (χ2n) is 7.38. The van der Waals surface area contributed by atoms with Crippen LogP contribution in [-0.4, -0.2) is 41.4 Å². The van der Waals surface area contributed by atoms with E-state index in [1.807, 2.05) is 36.9 Å². The summed E-state index contributed by atoms with van der Waals surface area (Å²) in [5.41, 5.74) is 6.89. The lowest BCUT2D eigenvalue weighted by molar-refractivity contribution is -0.138. The van der Waals surface area contributed by atoms with Crippen molar-refractivity contribution in [2.45, 2.75) is 58.2 Å². The van der Waals surface area contributed by atoms with Gasteiger partial charge in [0.25, 0.3) is 0 Å².